The van der Waals surface area contributed by atoms with Crippen molar-refractivity contribution < 1.29 is 0 Å². The number of terminal acetylenes is 1. The molecule has 1 unspecified atom stereocenters. The lowest BCUT2D eigenvalue weighted by Gasteiger charge is -2.17. The topological polar surface area (TPSA) is 24.9 Å². The number of nitrogens with zero attached hydrogens (tertiary/aromatic N) is 1. The molecule has 0 spiro atoms. The van der Waals surface area contributed by atoms with Gasteiger partial charge >= 0.3 is 0 Å². The molecule has 0 radical (unpaired) electrons. The van der Waals surface area contributed by atoms with Gasteiger partial charge in [0, 0.05) is 29.7 Å². The van der Waals surface area contributed by atoms with Gasteiger partial charge in [-0.25, -0.2) is 0 Å². The Morgan fingerprint density at radius 2 is 2.18 bits per heavy atom. The lowest BCUT2D eigenvalue weighted by atomic mass is 10.1. The molecule has 1 atom stereocenters. The Kier molecular flexibility index (Phi) is 3.62. The molecule has 0 aliphatic carbocycles. The number of rotatable bonds is 4. The first-order chi connectivity index (χ1) is 8.35. The summed E-state index contributed by atoms with van der Waals surface area (Å²) < 4.78 is 0. The van der Waals surface area contributed by atoms with Crippen molar-refractivity contribution in [3.63, 3.8) is 0 Å². The summed E-state index contributed by atoms with van der Waals surface area (Å²) in [6.07, 6.45) is 8.95. The zero-order valence-electron chi connectivity index (χ0n) is 9.98. The van der Waals surface area contributed by atoms with Gasteiger partial charge in [-0.3, -0.25) is 4.98 Å². The van der Waals surface area contributed by atoms with E-state index in [1.165, 1.54) is 0 Å². The molecule has 17 heavy (non-hydrogen) atoms. The largest absolute Gasteiger partial charge is 0.381 e. The molecule has 2 rings (SSSR count). The molecule has 0 amide bonds. The first-order valence-corrected chi connectivity index (χ1v) is 5.89. The fourth-order valence-electron chi connectivity index (χ4n) is 1.88. The minimum Gasteiger partial charge on any atom is -0.381 e. The average Bonchev–Trinajstić information content (AvgIpc) is 2.38. The van der Waals surface area contributed by atoms with E-state index in [9.17, 15) is 0 Å². The van der Waals surface area contributed by atoms with E-state index in [-0.39, 0.29) is 0 Å². The molecule has 0 fully saturated rings. The number of aromatic nitrogens is 1. The molecule has 1 heterocycles. The Hall–Kier alpha value is -2.01. The van der Waals surface area contributed by atoms with Crippen LogP contribution in [0.5, 0.6) is 0 Å². The zero-order chi connectivity index (χ0) is 12.1. The summed E-state index contributed by atoms with van der Waals surface area (Å²) in [7, 11) is 0. The van der Waals surface area contributed by atoms with Crippen LogP contribution in [-0.2, 0) is 0 Å². The van der Waals surface area contributed by atoms with Gasteiger partial charge in [0.25, 0.3) is 0 Å². The number of fused-ring (bicyclic) bond motifs is 1. The molecular formula is C15H16N2. The van der Waals surface area contributed by atoms with Gasteiger partial charge in [-0.2, -0.15) is 0 Å². The van der Waals surface area contributed by atoms with Crippen LogP contribution in [0.15, 0.2) is 36.5 Å². The van der Waals surface area contributed by atoms with Crippen LogP contribution in [0.4, 0.5) is 5.69 Å². The second-order valence-corrected chi connectivity index (χ2v) is 4.03. The van der Waals surface area contributed by atoms with E-state index in [1.807, 2.05) is 30.5 Å². The third-order valence-corrected chi connectivity index (χ3v) is 2.87. The Balaban J connectivity index is 2.32. The lowest BCUT2D eigenvalue weighted by Crippen LogP contribution is -2.17. The standard InChI is InChI=1S/C15H16N2/c1-3-7-12(4-2)17-15-10-11-16-14-9-6-5-8-13(14)15/h1,5-6,8-12H,4,7H2,2H3,(H,16,17). The summed E-state index contributed by atoms with van der Waals surface area (Å²) in [5, 5.41) is 4.63. The van der Waals surface area contributed by atoms with Crippen LogP contribution >= 0.6 is 0 Å². The molecule has 0 bridgehead atoms. The molecule has 0 aliphatic rings. The average molecular weight is 224 g/mol. The lowest BCUT2D eigenvalue weighted by molar-refractivity contribution is 0.716. The Morgan fingerprint density at radius 3 is 2.94 bits per heavy atom. The van der Waals surface area contributed by atoms with Crippen LogP contribution in [0.3, 0.4) is 0 Å². The summed E-state index contributed by atoms with van der Waals surface area (Å²) in [6.45, 7) is 2.14. The molecule has 0 saturated carbocycles. The van der Waals surface area contributed by atoms with Crippen molar-refractivity contribution in [2.75, 3.05) is 5.32 Å². The van der Waals surface area contributed by atoms with E-state index < -0.39 is 0 Å². The van der Waals surface area contributed by atoms with E-state index in [1.54, 1.807) is 0 Å². The number of benzene rings is 1. The van der Waals surface area contributed by atoms with Gasteiger partial charge in [0.1, 0.15) is 0 Å². The highest BCUT2D eigenvalue weighted by molar-refractivity contribution is 5.90. The number of hydrogen-bond donors (Lipinski definition) is 1. The SMILES string of the molecule is C#CCC(CC)Nc1ccnc2ccccc12. The van der Waals surface area contributed by atoms with Gasteiger partial charge in [-0.1, -0.05) is 25.1 Å². The highest BCUT2D eigenvalue weighted by Gasteiger charge is 2.06. The maximum Gasteiger partial charge on any atom is 0.0722 e. The van der Waals surface area contributed by atoms with Gasteiger partial charge in [-0.15, -0.1) is 12.3 Å². The fourth-order valence-corrected chi connectivity index (χ4v) is 1.88. The fraction of sp³-hybridized carbons (Fsp3) is 0.267. The predicted molar refractivity (Wildman–Crippen MR) is 72.9 cm³/mol. The van der Waals surface area contributed by atoms with Crippen molar-refractivity contribution in [1.82, 2.24) is 4.98 Å². The first-order valence-electron chi connectivity index (χ1n) is 5.89. The third-order valence-electron chi connectivity index (χ3n) is 2.87. The minimum absolute atomic E-state index is 0.325. The summed E-state index contributed by atoms with van der Waals surface area (Å²) in [4.78, 5) is 4.34. The van der Waals surface area contributed by atoms with Gasteiger partial charge in [0.2, 0.25) is 0 Å². The second kappa shape index (κ2) is 5.36. The van der Waals surface area contributed by atoms with Crippen molar-refractivity contribution in [1.29, 1.82) is 0 Å². The van der Waals surface area contributed by atoms with Crippen LogP contribution in [-0.4, -0.2) is 11.0 Å². The second-order valence-electron chi connectivity index (χ2n) is 4.03. The van der Waals surface area contributed by atoms with Crippen LogP contribution in [0.25, 0.3) is 10.9 Å². The summed E-state index contributed by atoms with van der Waals surface area (Å²) in [5.41, 5.74) is 2.12. The predicted octanol–water partition coefficient (Wildman–Crippen LogP) is 3.45. The van der Waals surface area contributed by atoms with E-state index in [0.717, 1.165) is 29.4 Å². The monoisotopic (exact) mass is 224 g/mol. The number of nitrogens with one attached hydrogen (secondary N) is 1. The Labute approximate surface area is 102 Å². The van der Waals surface area contributed by atoms with Crippen molar-refractivity contribution in [3.05, 3.63) is 36.5 Å². The molecule has 2 aromatic rings. The highest BCUT2D eigenvalue weighted by Crippen LogP contribution is 2.22. The Morgan fingerprint density at radius 1 is 1.35 bits per heavy atom. The minimum atomic E-state index is 0.325. The molecule has 0 saturated heterocycles. The molecule has 1 N–H and O–H groups in total. The third kappa shape index (κ3) is 2.57. The first kappa shape index (κ1) is 11.5. The van der Waals surface area contributed by atoms with Crippen LogP contribution < -0.4 is 5.32 Å². The quantitative estimate of drug-likeness (QED) is 0.805. The molecule has 1 aromatic carbocycles. The van der Waals surface area contributed by atoms with E-state index in [0.29, 0.717) is 6.04 Å². The van der Waals surface area contributed by atoms with Crippen molar-refractivity contribution in [2.24, 2.45) is 0 Å². The van der Waals surface area contributed by atoms with Crippen LogP contribution in [0, 0.1) is 12.3 Å². The maximum absolute atomic E-state index is 5.37. The number of para-hydroxylation sites is 1. The molecule has 86 valence electrons. The van der Waals surface area contributed by atoms with E-state index in [2.05, 4.69) is 29.2 Å². The van der Waals surface area contributed by atoms with Crippen molar-refractivity contribution in [2.45, 2.75) is 25.8 Å². The number of hydrogen-bond acceptors (Lipinski definition) is 2. The summed E-state index contributed by atoms with van der Waals surface area (Å²) in [6, 6.07) is 10.4. The number of anilines is 1. The smallest absolute Gasteiger partial charge is 0.0722 e. The van der Waals surface area contributed by atoms with Gasteiger partial charge in [-0.05, 0) is 18.6 Å². The highest BCUT2D eigenvalue weighted by atomic mass is 14.9. The van der Waals surface area contributed by atoms with Crippen molar-refractivity contribution >= 4 is 16.6 Å². The molecule has 2 nitrogen and oxygen atoms in total. The van der Waals surface area contributed by atoms with E-state index in [4.69, 9.17) is 6.42 Å². The van der Waals surface area contributed by atoms with Gasteiger partial charge < -0.3 is 5.32 Å². The van der Waals surface area contributed by atoms with Crippen LogP contribution in [0.1, 0.15) is 19.8 Å². The molecule has 0 aliphatic heterocycles. The molecular weight excluding hydrogens is 208 g/mol. The molecule has 2 heteroatoms. The summed E-state index contributed by atoms with van der Waals surface area (Å²) in [5.74, 6) is 2.71. The Bertz CT molecular complexity index is 535. The maximum atomic E-state index is 5.37. The summed E-state index contributed by atoms with van der Waals surface area (Å²) >= 11 is 0. The van der Waals surface area contributed by atoms with Gasteiger partial charge in [0.05, 0.1) is 5.52 Å². The molecule has 1 aromatic heterocycles. The number of pyridine rings is 1. The van der Waals surface area contributed by atoms with Crippen molar-refractivity contribution in [3.8, 4) is 12.3 Å². The van der Waals surface area contributed by atoms with Crippen LogP contribution in [0.2, 0.25) is 0 Å². The normalized spacial score (nSPS) is 12.0. The van der Waals surface area contributed by atoms with Gasteiger partial charge in [0.15, 0.2) is 0 Å². The zero-order valence-corrected chi connectivity index (χ0v) is 9.98. The van der Waals surface area contributed by atoms with E-state index >= 15 is 0 Å².